The number of amides is 1. The first-order valence-corrected chi connectivity index (χ1v) is 12.5. The van der Waals surface area contributed by atoms with E-state index in [4.69, 9.17) is 4.74 Å². The molecule has 0 radical (unpaired) electrons. The van der Waals surface area contributed by atoms with Crippen LogP contribution < -0.4 is 9.64 Å². The SMILES string of the molecule is Cc1nnn(-c2ccc(C(F)F)cc2)c1COc1ccc(N2CCN(CCN3CCCC3)C(=O)C2)nn1. The molecule has 196 valence electrons. The Kier molecular flexibility index (Phi) is 7.54. The molecule has 37 heavy (non-hydrogen) atoms. The van der Waals surface area contributed by atoms with Crippen LogP contribution >= 0.6 is 0 Å². The minimum Gasteiger partial charge on any atom is -0.470 e. The van der Waals surface area contributed by atoms with Gasteiger partial charge in [-0.2, -0.15) is 0 Å². The minimum atomic E-state index is -2.53. The molecule has 1 aromatic carbocycles. The number of benzene rings is 1. The summed E-state index contributed by atoms with van der Waals surface area (Å²) in [6.45, 7) is 7.54. The van der Waals surface area contributed by atoms with E-state index in [0.717, 1.165) is 26.2 Å². The second kappa shape index (κ2) is 11.2. The largest absolute Gasteiger partial charge is 0.470 e. The third kappa shape index (κ3) is 5.85. The summed E-state index contributed by atoms with van der Waals surface area (Å²) >= 11 is 0. The molecule has 0 aliphatic carbocycles. The number of carbonyl (C=O) groups is 1. The summed E-state index contributed by atoms with van der Waals surface area (Å²) in [7, 11) is 0. The molecule has 2 saturated heterocycles. The average molecular weight is 513 g/mol. The van der Waals surface area contributed by atoms with Crippen molar-refractivity contribution in [2.24, 2.45) is 0 Å². The Bertz CT molecular complexity index is 1200. The number of ether oxygens (including phenoxy) is 1. The maximum atomic E-state index is 12.9. The number of likely N-dealkylation sites (tertiary alicyclic amines) is 1. The van der Waals surface area contributed by atoms with Crippen molar-refractivity contribution in [1.82, 2.24) is 35.0 Å². The Morgan fingerprint density at radius 3 is 2.41 bits per heavy atom. The van der Waals surface area contributed by atoms with E-state index in [2.05, 4.69) is 25.4 Å². The predicted octanol–water partition coefficient (Wildman–Crippen LogP) is 2.63. The van der Waals surface area contributed by atoms with Crippen molar-refractivity contribution < 1.29 is 18.3 Å². The molecule has 5 rings (SSSR count). The molecule has 2 aliphatic rings. The lowest BCUT2D eigenvalue weighted by Crippen LogP contribution is -2.52. The maximum Gasteiger partial charge on any atom is 0.263 e. The standard InChI is InChI=1S/C25H30F2N8O2/c1-18-21(35(31-28-18)20-6-4-19(5-7-20)25(26)27)17-37-23-9-8-22(29-30-23)34-15-14-33(24(36)16-34)13-12-32-10-2-3-11-32/h4-9,25H,2-3,10-17H2,1H3. The van der Waals surface area contributed by atoms with Gasteiger partial charge in [0.1, 0.15) is 12.3 Å². The van der Waals surface area contributed by atoms with Crippen molar-refractivity contribution in [3.05, 3.63) is 53.3 Å². The summed E-state index contributed by atoms with van der Waals surface area (Å²) in [5.74, 6) is 1.05. The van der Waals surface area contributed by atoms with Crippen LogP contribution in [0.25, 0.3) is 5.69 Å². The van der Waals surface area contributed by atoms with Crippen LogP contribution in [-0.4, -0.2) is 86.7 Å². The third-order valence-electron chi connectivity index (χ3n) is 6.86. The van der Waals surface area contributed by atoms with Gasteiger partial charge in [-0.05, 0) is 51.1 Å². The number of hydrogen-bond donors (Lipinski definition) is 0. The molecular formula is C25H30F2N8O2. The van der Waals surface area contributed by atoms with Crippen molar-refractivity contribution in [1.29, 1.82) is 0 Å². The number of alkyl halides is 2. The van der Waals surface area contributed by atoms with Gasteiger partial charge in [-0.25, -0.2) is 13.5 Å². The van der Waals surface area contributed by atoms with Crippen LogP contribution in [0.15, 0.2) is 36.4 Å². The van der Waals surface area contributed by atoms with E-state index in [-0.39, 0.29) is 24.6 Å². The summed E-state index contributed by atoms with van der Waals surface area (Å²) in [6.07, 6.45) is -0.0347. The van der Waals surface area contributed by atoms with Gasteiger partial charge in [-0.15, -0.1) is 15.3 Å². The molecule has 3 aromatic rings. The van der Waals surface area contributed by atoms with Crippen molar-refractivity contribution in [2.45, 2.75) is 32.8 Å². The summed E-state index contributed by atoms with van der Waals surface area (Å²) < 4.78 is 33.1. The van der Waals surface area contributed by atoms with Gasteiger partial charge in [0, 0.05) is 37.8 Å². The van der Waals surface area contributed by atoms with Gasteiger partial charge in [-0.3, -0.25) is 4.79 Å². The third-order valence-corrected chi connectivity index (χ3v) is 6.86. The molecular weight excluding hydrogens is 482 g/mol. The molecule has 0 N–H and O–H groups in total. The van der Waals surface area contributed by atoms with Crippen molar-refractivity contribution in [2.75, 3.05) is 50.7 Å². The zero-order valence-corrected chi connectivity index (χ0v) is 20.8. The second-order valence-corrected chi connectivity index (χ2v) is 9.30. The van der Waals surface area contributed by atoms with Gasteiger partial charge < -0.3 is 19.4 Å². The van der Waals surface area contributed by atoms with E-state index in [1.54, 1.807) is 35.9 Å². The van der Waals surface area contributed by atoms with E-state index in [1.807, 2.05) is 9.80 Å². The topological polar surface area (TPSA) is 92.5 Å². The zero-order chi connectivity index (χ0) is 25.8. The van der Waals surface area contributed by atoms with Crippen molar-refractivity contribution in [3.63, 3.8) is 0 Å². The molecule has 0 saturated carbocycles. The Balaban J connectivity index is 1.16. The number of carbonyl (C=O) groups excluding carboxylic acids is 1. The first kappa shape index (κ1) is 25.0. The monoisotopic (exact) mass is 512 g/mol. The number of rotatable bonds is 9. The maximum absolute atomic E-state index is 12.9. The molecule has 2 fully saturated rings. The lowest BCUT2D eigenvalue weighted by atomic mass is 10.2. The highest BCUT2D eigenvalue weighted by atomic mass is 19.3. The van der Waals surface area contributed by atoms with E-state index < -0.39 is 6.43 Å². The molecule has 2 aliphatic heterocycles. The summed E-state index contributed by atoms with van der Waals surface area (Å²) in [5.41, 5.74) is 1.88. The highest BCUT2D eigenvalue weighted by Crippen LogP contribution is 2.22. The fourth-order valence-electron chi connectivity index (χ4n) is 4.62. The highest BCUT2D eigenvalue weighted by Gasteiger charge is 2.26. The highest BCUT2D eigenvalue weighted by molar-refractivity contribution is 5.82. The van der Waals surface area contributed by atoms with Gasteiger partial charge in [0.25, 0.3) is 6.43 Å². The van der Waals surface area contributed by atoms with Crippen molar-refractivity contribution in [3.8, 4) is 11.6 Å². The number of nitrogens with zero attached hydrogens (tertiary/aromatic N) is 8. The van der Waals surface area contributed by atoms with Crippen LogP contribution in [0.1, 0.15) is 36.2 Å². The zero-order valence-electron chi connectivity index (χ0n) is 20.8. The van der Waals surface area contributed by atoms with E-state index in [1.165, 1.54) is 25.0 Å². The second-order valence-electron chi connectivity index (χ2n) is 9.30. The average Bonchev–Trinajstić information content (AvgIpc) is 3.57. The van der Waals surface area contributed by atoms with Crippen LogP contribution in [0, 0.1) is 6.92 Å². The quantitative estimate of drug-likeness (QED) is 0.432. The first-order valence-electron chi connectivity index (χ1n) is 12.5. The smallest absolute Gasteiger partial charge is 0.263 e. The predicted molar refractivity (Wildman–Crippen MR) is 132 cm³/mol. The molecule has 10 nitrogen and oxygen atoms in total. The Hall–Kier alpha value is -3.67. The first-order chi connectivity index (χ1) is 18.0. The van der Waals surface area contributed by atoms with Gasteiger partial charge >= 0.3 is 0 Å². The molecule has 1 amide bonds. The fraction of sp³-hybridized carbons (Fsp3) is 0.480. The molecule has 0 spiro atoms. The van der Waals surface area contributed by atoms with E-state index in [9.17, 15) is 13.6 Å². The van der Waals surface area contributed by atoms with Crippen LogP contribution in [0.2, 0.25) is 0 Å². The lowest BCUT2D eigenvalue weighted by Gasteiger charge is -2.35. The van der Waals surface area contributed by atoms with Gasteiger partial charge in [0.15, 0.2) is 5.82 Å². The summed E-state index contributed by atoms with van der Waals surface area (Å²) in [6, 6.07) is 9.38. The summed E-state index contributed by atoms with van der Waals surface area (Å²) in [5, 5.41) is 16.6. The Morgan fingerprint density at radius 2 is 1.73 bits per heavy atom. The number of piperazine rings is 1. The fourth-order valence-corrected chi connectivity index (χ4v) is 4.62. The number of aryl methyl sites for hydroxylation is 1. The van der Waals surface area contributed by atoms with E-state index >= 15 is 0 Å². The van der Waals surface area contributed by atoms with Crippen LogP contribution in [0.5, 0.6) is 5.88 Å². The number of halogens is 2. The normalized spacial score (nSPS) is 16.7. The Labute approximate surface area is 213 Å². The summed E-state index contributed by atoms with van der Waals surface area (Å²) in [4.78, 5) is 18.9. The minimum absolute atomic E-state index is 0.0565. The molecule has 12 heteroatoms. The van der Waals surface area contributed by atoms with Gasteiger partial charge in [0.05, 0.1) is 17.9 Å². The van der Waals surface area contributed by atoms with Crippen molar-refractivity contribution >= 4 is 11.7 Å². The van der Waals surface area contributed by atoms with Crippen LogP contribution in [0.3, 0.4) is 0 Å². The molecule has 0 unspecified atom stereocenters. The van der Waals surface area contributed by atoms with Gasteiger partial charge in [-0.1, -0.05) is 17.3 Å². The molecule has 0 bridgehead atoms. The van der Waals surface area contributed by atoms with Gasteiger partial charge in [0.2, 0.25) is 11.8 Å². The van der Waals surface area contributed by atoms with E-state index in [0.29, 0.717) is 41.9 Å². The number of anilines is 1. The van der Waals surface area contributed by atoms with Crippen LogP contribution in [-0.2, 0) is 11.4 Å². The van der Waals surface area contributed by atoms with Crippen LogP contribution in [0.4, 0.5) is 14.6 Å². The number of hydrogen-bond acceptors (Lipinski definition) is 8. The Morgan fingerprint density at radius 1 is 0.946 bits per heavy atom. The molecule has 0 atom stereocenters. The number of aromatic nitrogens is 5. The lowest BCUT2D eigenvalue weighted by molar-refractivity contribution is -0.131. The molecule has 4 heterocycles. The molecule has 2 aromatic heterocycles.